The van der Waals surface area contributed by atoms with Gasteiger partial charge in [-0.3, -0.25) is 14.4 Å². The number of piperazine rings is 1. The van der Waals surface area contributed by atoms with E-state index >= 15 is 0 Å². The van der Waals surface area contributed by atoms with Crippen LogP contribution >= 0.6 is 0 Å². The minimum Gasteiger partial charge on any atom is -0.349 e. The summed E-state index contributed by atoms with van der Waals surface area (Å²) in [6.07, 6.45) is 2.92. The zero-order valence-corrected chi connectivity index (χ0v) is 22.9. The summed E-state index contributed by atoms with van der Waals surface area (Å²) >= 11 is 0. The lowest BCUT2D eigenvalue weighted by Gasteiger charge is -2.43. The summed E-state index contributed by atoms with van der Waals surface area (Å²) in [6, 6.07) is 7.63. The number of amides is 2. The molecule has 1 fully saturated rings. The molecule has 1 heterocycles. The summed E-state index contributed by atoms with van der Waals surface area (Å²) in [4.78, 5) is 37.8. The number of fused-ring (bicyclic) bond motifs is 1. The fourth-order valence-electron chi connectivity index (χ4n) is 5.71. The Bertz CT molecular complexity index is 1340. The predicted octanol–water partition coefficient (Wildman–Crippen LogP) is 3.28. The number of hydrogen-bond acceptors (Lipinski definition) is 5. The number of nitrogens with zero attached hydrogens (tertiary/aromatic N) is 1. The molecule has 0 bridgehead atoms. The first-order valence-electron chi connectivity index (χ1n) is 12.6. The molecule has 4 rings (SSSR count). The molecule has 0 unspecified atom stereocenters. The van der Waals surface area contributed by atoms with E-state index in [1.165, 1.54) is 4.31 Å². The number of aryl methyl sites for hydroxylation is 4. The quantitative estimate of drug-likeness (QED) is 0.562. The van der Waals surface area contributed by atoms with Gasteiger partial charge in [0.15, 0.2) is 0 Å². The molecule has 198 valence electrons. The van der Waals surface area contributed by atoms with E-state index in [1.54, 1.807) is 33.8 Å². The summed E-state index contributed by atoms with van der Waals surface area (Å²) < 4.78 is 29.1. The van der Waals surface area contributed by atoms with E-state index in [0.29, 0.717) is 16.7 Å². The molecule has 0 saturated carbocycles. The molecular formula is C28H35N3O5S. The molecule has 1 aliphatic carbocycles. The Kier molecular flexibility index (Phi) is 7.32. The Balaban J connectivity index is 1.62. The standard InChI is InChI=1S/C28H35N3O5S/c1-17-11-18(2)26(19(3)12-17)37(35,36)31-16-28(4,5)30-27(34)24(31)14-25(33)29-23-8-6-7-21-13-20(15-32)9-10-22(21)23/h9-13,15,23-24H,6-8,14,16H2,1-5H3,(H,29,33)(H,30,34)/t23-,24-/m1/s1. The number of sulfonamides is 1. The molecule has 0 aromatic heterocycles. The van der Waals surface area contributed by atoms with Crippen molar-refractivity contribution in [1.29, 1.82) is 0 Å². The number of nitrogens with one attached hydrogen (secondary N) is 2. The number of rotatable bonds is 6. The average Bonchev–Trinajstić information content (AvgIpc) is 2.79. The molecule has 2 amide bonds. The lowest BCUT2D eigenvalue weighted by Crippen LogP contribution is -2.66. The maximum Gasteiger partial charge on any atom is 0.244 e. The van der Waals surface area contributed by atoms with Gasteiger partial charge in [-0.15, -0.1) is 0 Å². The third-order valence-electron chi connectivity index (χ3n) is 7.17. The van der Waals surface area contributed by atoms with Crippen LogP contribution in [-0.4, -0.2) is 48.9 Å². The Morgan fingerprint density at radius 3 is 2.49 bits per heavy atom. The average molecular weight is 526 g/mol. The van der Waals surface area contributed by atoms with Crippen LogP contribution in [-0.2, 0) is 26.0 Å². The molecule has 2 aromatic carbocycles. The monoisotopic (exact) mass is 525 g/mol. The van der Waals surface area contributed by atoms with Gasteiger partial charge < -0.3 is 10.6 Å². The molecule has 9 heteroatoms. The smallest absolute Gasteiger partial charge is 0.244 e. The number of carbonyl (C=O) groups excluding carboxylic acids is 3. The van der Waals surface area contributed by atoms with Gasteiger partial charge in [0.2, 0.25) is 21.8 Å². The summed E-state index contributed by atoms with van der Waals surface area (Å²) in [5.74, 6) is -0.883. The third kappa shape index (κ3) is 5.48. The first-order valence-corrected chi connectivity index (χ1v) is 14.1. The molecule has 2 aliphatic rings. The van der Waals surface area contributed by atoms with Crippen molar-refractivity contribution < 1.29 is 22.8 Å². The highest BCUT2D eigenvalue weighted by molar-refractivity contribution is 7.89. The highest BCUT2D eigenvalue weighted by Gasteiger charge is 2.46. The molecule has 0 spiro atoms. The van der Waals surface area contributed by atoms with Crippen molar-refractivity contribution in [1.82, 2.24) is 14.9 Å². The SMILES string of the molecule is Cc1cc(C)c(S(=O)(=O)N2CC(C)(C)NC(=O)[C@H]2CC(=O)N[C@@H]2CCCc3cc(C=O)ccc32)c(C)c1. The molecule has 1 aliphatic heterocycles. The molecule has 2 N–H and O–H groups in total. The van der Waals surface area contributed by atoms with Gasteiger partial charge >= 0.3 is 0 Å². The molecule has 1 saturated heterocycles. The zero-order valence-electron chi connectivity index (χ0n) is 22.1. The van der Waals surface area contributed by atoms with Crippen LogP contribution in [0, 0.1) is 20.8 Å². The van der Waals surface area contributed by atoms with Crippen LogP contribution in [0.2, 0.25) is 0 Å². The fourth-order valence-corrected chi connectivity index (χ4v) is 7.88. The molecule has 8 nitrogen and oxygen atoms in total. The van der Waals surface area contributed by atoms with Gasteiger partial charge in [-0.2, -0.15) is 4.31 Å². The largest absolute Gasteiger partial charge is 0.349 e. The molecule has 2 aromatic rings. The highest BCUT2D eigenvalue weighted by atomic mass is 32.2. The second kappa shape index (κ2) is 10.0. The summed E-state index contributed by atoms with van der Waals surface area (Å²) in [6.45, 7) is 8.99. The van der Waals surface area contributed by atoms with Crippen LogP contribution < -0.4 is 10.6 Å². The van der Waals surface area contributed by atoms with E-state index in [1.807, 2.05) is 31.2 Å². The lowest BCUT2D eigenvalue weighted by molar-refractivity contribution is -0.134. The minimum absolute atomic E-state index is 0.0481. The third-order valence-corrected chi connectivity index (χ3v) is 9.33. The van der Waals surface area contributed by atoms with Crippen molar-refractivity contribution in [2.75, 3.05) is 6.54 Å². The molecular weight excluding hydrogens is 490 g/mol. The van der Waals surface area contributed by atoms with Gasteiger partial charge in [0.1, 0.15) is 12.3 Å². The van der Waals surface area contributed by atoms with Crippen LogP contribution in [0.25, 0.3) is 0 Å². The predicted molar refractivity (Wildman–Crippen MR) is 141 cm³/mol. The zero-order chi connectivity index (χ0) is 27.1. The van der Waals surface area contributed by atoms with Gasteiger partial charge in [0.05, 0.1) is 17.4 Å². The van der Waals surface area contributed by atoms with Crippen LogP contribution in [0.5, 0.6) is 0 Å². The molecule has 0 radical (unpaired) electrons. The van der Waals surface area contributed by atoms with Crippen molar-refractivity contribution in [3.8, 4) is 0 Å². The van der Waals surface area contributed by atoms with Crippen LogP contribution in [0.15, 0.2) is 35.2 Å². The molecule has 37 heavy (non-hydrogen) atoms. The summed E-state index contributed by atoms with van der Waals surface area (Å²) in [7, 11) is -4.07. The van der Waals surface area contributed by atoms with Gasteiger partial charge in [-0.1, -0.05) is 29.8 Å². The van der Waals surface area contributed by atoms with E-state index in [9.17, 15) is 22.8 Å². The highest BCUT2D eigenvalue weighted by Crippen LogP contribution is 2.32. The second-order valence-corrected chi connectivity index (χ2v) is 12.8. The van der Waals surface area contributed by atoms with E-state index in [2.05, 4.69) is 10.6 Å². The Morgan fingerprint density at radius 1 is 1.16 bits per heavy atom. The lowest BCUT2D eigenvalue weighted by atomic mass is 9.86. The van der Waals surface area contributed by atoms with Gasteiger partial charge in [-0.05, 0) is 82.2 Å². The van der Waals surface area contributed by atoms with Crippen molar-refractivity contribution in [3.05, 3.63) is 63.7 Å². The Labute approximate surface area is 218 Å². The van der Waals surface area contributed by atoms with Crippen molar-refractivity contribution in [2.24, 2.45) is 0 Å². The van der Waals surface area contributed by atoms with E-state index in [4.69, 9.17) is 0 Å². The van der Waals surface area contributed by atoms with E-state index in [-0.39, 0.29) is 23.9 Å². The number of carbonyl (C=O) groups is 3. The van der Waals surface area contributed by atoms with Crippen LogP contribution in [0.1, 0.15) is 77.3 Å². The van der Waals surface area contributed by atoms with E-state index < -0.39 is 33.4 Å². The van der Waals surface area contributed by atoms with Gasteiger partial charge in [0, 0.05) is 17.6 Å². The minimum atomic E-state index is -4.07. The Morgan fingerprint density at radius 2 is 1.84 bits per heavy atom. The van der Waals surface area contributed by atoms with Crippen molar-refractivity contribution in [2.45, 2.75) is 82.8 Å². The first-order chi connectivity index (χ1) is 17.3. The summed E-state index contributed by atoms with van der Waals surface area (Å²) in [5.41, 5.74) is 3.95. The van der Waals surface area contributed by atoms with Gasteiger partial charge in [0.25, 0.3) is 0 Å². The maximum atomic E-state index is 14.0. The number of aldehydes is 1. The van der Waals surface area contributed by atoms with Crippen molar-refractivity contribution in [3.63, 3.8) is 0 Å². The number of hydrogen-bond donors (Lipinski definition) is 2. The maximum absolute atomic E-state index is 14.0. The summed E-state index contributed by atoms with van der Waals surface area (Å²) in [5, 5.41) is 5.89. The Hall–Kier alpha value is -3.04. The van der Waals surface area contributed by atoms with Gasteiger partial charge in [-0.25, -0.2) is 8.42 Å². The first kappa shape index (κ1) is 27.0. The fraction of sp³-hybridized carbons (Fsp3) is 0.464. The second-order valence-electron chi connectivity index (χ2n) is 11.0. The van der Waals surface area contributed by atoms with Crippen molar-refractivity contribution >= 4 is 28.1 Å². The number of benzene rings is 2. The van der Waals surface area contributed by atoms with Crippen LogP contribution in [0.3, 0.4) is 0 Å². The topological polar surface area (TPSA) is 113 Å². The van der Waals surface area contributed by atoms with Crippen LogP contribution in [0.4, 0.5) is 0 Å². The molecule has 2 atom stereocenters. The van der Waals surface area contributed by atoms with E-state index in [0.717, 1.165) is 42.2 Å². The normalized spacial score (nSPS) is 21.6.